The zero-order chi connectivity index (χ0) is 9.26. The summed E-state index contributed by atoms with van der Waals surface area (Å²) in [5.41, 5.74) is 0. The molecule has 3 nitrogen and oxygen atoms in total. The van der Waals surface area contributed by atoms with Gasteiger partial charge in [0.2, 0.25) is 5.89 Å². The van der Waals surface area contributed by atoms with Gasteiger partial charge in [-0.3, -0.25) is 0 Å². The molecule has 6 heteroatoms. The number of hydrogen-bond donors (Lipinski definition) is 0. The molecule has 0 fully saturated rings. The van der Waals surface area contributed by atoms with Gasteiger partial charge in [-0.1, -0.05) is 15.9 Å². The summed E-state index contributed by atoms with van der Waals surface area (Å²) < 4.78 is 6.41. The van der Waals surface area contributed by atoms with Crippen LogP contribution in [0.15, 0.2) is 20.3 Å². The fourth-order valence-electron chi connectivity index (χ4n) is 0.836. The van der Waals surface area contributed by atoms with Gasteiger partial charge in [0.15, 0.2) is 0 Å². The van der Waals surface area contributed by atoms with Gasteiger partial charge in [0.25, 0.3) is 5.89 Å². The fraction of sp³-hybridized carbons (Fsp3) is 0.143. The molecule has 0 aliphatic carbocycles. The molecule has 0 atom stereocenters. The Hall–Kier alpha value is -0.200. The Morgan fingerprint density at radius 1 is 1.38 bits per heavy atom. The summed E-state index contributed by atoms with van der Waals surface area (Å²) in [4.78, 5) is 0.978. The number of aromatic nitrogens is 2. The van der Waals surface area contributed by atoms with Crippen molar-refractivity contribution in [3.05, 3.63) is 21.8 Å². The molecule has 2 aromatic rings. The Morgan fingerprint density at radius 3 is 2.77 bits per heavy atom. The van der Waals surface area contributed by atoms with E-state index in [1.807, 2.05) is 12.1 Å². The van der Waals surface area contributed by atoms with Crippen LogP contribution in [-0.2, 0) is 5.33 Å². The molecule has 0 spiro atoms. The van der Waals surface area contributed by atoms with Gasteiger partial charge in [-0.25, -0.2) is 0 Å². The molecule has 0 aliphatic heterocycles. The Bertz CT molecular complexity index is 412. The maximum Gasteiger partial charge on any atom is 0.257 e. The summed E-state index contributed by atoms with van der Waals surface area (Å²) in [7, 11) is 0. The molecule has 0 amide bonds. The minimum Gasteiger partial charge on any atom is -0.419 e. The Morgan fingerprint density at radius 2 is 2.23 bits per heavy atom. The lowest BCUT2D eigenvalue weighted by Gasteiger charge is -1.84. The molecule has 0 unspecified atom stereocenters. The van der Waals surface area contributed by atoms with Crippen LogP contribution in [-0.4, -0.2) is 10.2 Å². The number of hydrogen-bond acceptors (Lipinski definition) is 4. The lowest BCUT2D eigenvalue weighted by molar-refractivity contribution is 0.531. The first kappa shape index (κ1) is 9.36. The first-order valence-corrected chi connectivity index (χ1v) is 6.17. The summed E-state index contributed by atoms with van der Waals surface area (Å²) in [6.07, 6.45) is 0. The summed E-state index contributed by atoms with van der Waals surface area (Å²) >= 11 is 8.19. The van der Waals surface area contributed by atoms with Gasteiger partial charge in [0.1, 0.15) is 0 Å². The van der Waals surface area contributed by atoms with Crippen molar-refractivity contribution in [2.45, 2.75) is 5.33 Å². The van der Waals surface area contributed by atoms with E-state index in [1.54, 1.807) is 11.3 Å². The average Bonchev–Trinajstić information content (AvgIpc) is 2.71. The summed E-state index contributed by atoms with van der Waals surface area (Å²) in [5, 5.41) is 8.35. The number of nitrogens with zero attached hydrogens (tertiary/aromatic N) is 2. The van der Waals surface area contributed by atoms with Crippen LogP contribution >= 0.6 is 43.2 Å². The Kier molecular flexibility index (Phi) is 2.80. The zero-order valence-corrected chi connectivity index (χ0v) is 10.3. The summed E-state index contributed by atoms with van der Waals surface area (Å²) in [5.74, 6) is 1.17. The number of alkyl halides is 1. The highest BCUT2D eigenvalue weighted by atomic mass is 79.9. The lowest BCUT2D eigenvalue weighted by atomic mass is 10.5. The van der Waals surface area contributed by atoms with E-state index in [2.05, 4.69) is 42.1 Å². The van der Waals surface area contributed by atoms with Gasteiger partial charge in [0, 0.05) is 0 Å². The Labute approximate surface area is 95.4 Å². The van der Waals surface area contributed by atoms with Crippen molar-refractivity contribution in [1.82, 2.24) is 10.2 Å². The molecule has 2 heterocycles. The molecular formula is C7H4Br2N2OS. The van der Waals surface area contributed by atoms with Crippen LogP contribution in [0.2, 0.25) is 0 Å². The molecule has 0 saturated carbocycles. The average molecular weight is 324 g/mol. The van der Waals surface area contributed by atoms with E-state index in [9.17, 15) is 0 Å². The third-order valence-corrected chi connectivity index (χ3v) is 3.46. The van der Waals surface area contributed by atoms with E-state index < -0.39 is 0 Å². The second-order valence-electron chi connectivity index (χ2n) is 2.24. The minimum atomic E-state index is 0.574. The number of rotatable bonds is 2. The van der Waals surface area contributed by atoms with E-state index in [0.717, 1.165) is 8.66 Å². The molecular weight excluding hydrogens is 320 g/mol. The topological polar surface area (TPSA) is 38.9 Å². The first-order valence-electron chi connectivity index (χ1n) is 3.43. The highest BCUT2D eigenvalue weighted by Crippen LogP contribution is 2.30. The third-order valence-electron chi connectivity index (χ3n) is 1.37. The van der Waals surface area contributed by atoms with E-state index >= 15 is 0 Å². The highest BCUT2D eigenvalue weighted by Gasteiger charge is 2.09. The van der Waals surface area contributed by atoms with Gasteiger partial charge < -0.3 is 4.42 Å². The molecule has 13 heavy (non-hydrogen) atoms. The minimum absolute atomic E-state index is 0.574. The van der Waals surface area contributed by atoms with E-state index in [0.29, 0.717) is 17.1 Å². The predicted molar refractivity (Wildman–Crippen MR) is 57.9 cm³/mol. The number of thiophene rings is 1. The summed E-state index contributed by atoms with van der Waals surface area (Å²) in [6, 6.07) is 3.90. The summed E-state index contributed by atoms with van der Waals surface area (Å²) in [6.45, 7) is 0. The van der Waals surface area contributed by atoms with Gasteiger partial charge >= 0.3 is 0 Å². The van der Waals surface area contributed by atoms with Crippen LogP contribution < -0.4 is 0 Å². The van der Waals surface area contributed by atoms with Crippen LogP contribution in [0.3, 0.4) is 0 Å². The predicted octanol–water partition coefficient (Wildman–Crippen LogP) is 3.46. The molecule has 0 aliphatic rings. The molecule has 0 saturated heterocycles. The molecule has 68 valence electrons. The van der Waals surface area contributed by atoms with Crippen LogP contribution in [0.25, 0.3) is 10.8 Å². The maximum absolute atomic E-state index is 5.35. The second kappa shape index (κ2) is 3.89. The van der Waals surface area contributed by atoms with Crippen LogP contribution in [0.5, 0.6) is 0 Å². The van der Waals surface area contributed by atoms with Crippen molar-refractivity contribution < 1.29 is 4.42 Å². The normalized spacial score (nSPS) is 10.6. The third kappa shape index (κ3) is 2.00. The van der Waals surface area contributed by atoms with E-state index in [1.165, 1.54) is 0 Å². The maximum atomic E-state index is 5.35. The zero-order valence-electron chi connectivity index (χ0n) is 6.33. The molecule has 2 aromatic heterocycles. The van der Waals surface area contributed by atoms with Crippen LogP contribution in [0, 0.1) is 0 Å². The number of halogens is 2. The quantitative estimate of drug-likeness (QED) is 0.794. The van der Waals surface area contributed by atoms with Crippen molar-refractivity contribution in [2.75, 3.05) is 0 Å². The molecule has 2 rings (SSSR count). The van der Waals surface area contributed by atoms with Gasteiger partial charge in [-0.15, -0.1) is 21.5 Å². The molecule has 0 aromatic carbocycles. The highest BCUT2D eigenvalue weighted by molar-refractivity contribution is 9.11. The van der Waals surface area contributed by atoms with Crippen molar-refractivity contribution >= 4 is 43.2 Å². The van der Waals surface area contributed by atoms with Gasteiger partial charge in [0.05, 0.1) is 14.0 Å². The van der Waals surface area contributed by atoms with Crippen LogP contribution in [0.4, 0.5) is 0 Å². The van der Waals surface area contributed by atoms with Crippen LogP contribution in [0.1, 0.15) is 5.89 Å². The standard InChI is InChI=1S/C7H4Br2N2OS/c8-3-6-10-11-7(12-6)4-1-2-5(9)13-4/h1-2H,3H2. The first-order chi connectivity index (χ1) is 6.29. The Balaban J connectivity index is 2.35. The SMILES string of the molecule is BrCc1nnc(-c2ccc(Br)s2)o1. The van der Waals surface area contributed by atoms with Crippen molar-refractivity contribution in [3.8, 4) is 10.8 Å². The van der Waals surface area contributed by atoms with Gasteiger partial charge in [-0.2, -0.15) is 0 Å². The largest absolute Gasteiger partial charge is 0.419 e. The molecule has 0 radical (unpaired) electrons. The van der Waals surface area contributed by atoms with Crippen molar-refractivity contribution in [1.29, 1.82) is 0 Å². The van der Waals surface area contributed by atoms with E-state index in [4.69, 9.17) is 4.42 Å². The van der Waals surface area contributed by atoms with E-state index in [-0.39, 0.29) is 0 Å². The lowest BCUT2D eigenvalue weighted by Crippen LogP contribution is -1.73. The van der Waals surface area contributed by atoms with Crippen molar-refractivity contribution in [2.24, 2.45) is 0 Å². The smallest absolute Gasteiger partial charge is 0.257 e. The van der Waals surface area contributed by atoms with Gasteiger partial charge in [-0.05, 0) is 28.1 Å². The van der Waals surface area contributed by atoms with Crippen molar-refractivity contribution in [3.63, 3.8) is 0 Å². The second-order valence-corrected chi connectivity index (χ2v) is 5.26. The monoisotopic (exact) mass is 322 g/mol. The molecule has 0 bridgehead atoms. The molecule has 0 N–H and O–H groups in total. The fourth-order valence-corrected chi connectivity index (χ4v) is 2.37.